The zero-order valence-corrected chi connectivity index (χ0v) is 40.6. The molecule has 4 aromatic carbocycles. The summed E-state index contributed by atoms with van der Waals surface area (Å²) in [5.41, 5.74) is 19.0. The number of rotatable bonds is 21. The van der Waals surface area contributed by atoms with Crippen LogP contribution in [0, 0.1) is 12.8 Å². The van der Waals surface area contributed by atoms with Crippen molar-refractivity contribution in [3.63, 3.8) is 0 Å². The van der Waals surface area contributed by atoms with E-state index in [9.17, 15) is 19.2 Å². The molecule has 6 N–H and O–H groups in total. The molecule has 4 amide bonds. The SMILES string of the molecule is CCCCCCN(CCNC(=O)c1ccc(CCN(CC(CNC(=O)c2nc(Cl)c(N)nc2N)Cc2ccccc2C)C(=O)OC(C)(C)C)cc1)C(=O)OCC1c2ccccc2-c2ccccc21. The fraction of sp³-hybridized carbons (Fsp3) is 0.396. The third kappa shape index (κ3) is 13.9. The molecule has 0 fully saturated rings. The quantitative estimate of drug-likeness (QED) is 0.0515. The number of nitrogens with zero attached hydrogens (tertiary/aromatic N) is 4. The Morgan fingerprint density at radius 2 is 1.41 bits per heavy atom. The van der Waals surface area contributed by atoms with Crippen LogP contribution >= 0.6 is 11.6 Å². The smallest absolute Gasteiger partial charge is 0.410 e. The number of hydrogen-bond acceptors (Lipinski definition) is 10. The summed E-state index contributed by atoms with van der Waals surface area (Å²) in [5.74, 6) is -1.37. The Hall–Kier alpha value is -6.67. The topological polar surface area (TPSA) is 195 Å². The molecule has 1 heterocycles. The van der Waals surface area contributed by atoms with E-state index in [0.29, 0.717) is 38.0 Å². The maximum absolute atomic E-state index is 13.8. The zero-order chi connectivity index (χ0) is 48.8. The molecule has 0 spiro atoms. The van der Waals surface area contributed by atoms with Crippen molar-refractivity contribution in [2.24, 2.45) is 5.92 Å². The Balaban J connectivity index is 1.07. The number of nitrogens with two attached hydrogens (primary N) is 2. The van der Waals surface area contributed by atoms with Crippen LogP contribution in [0.5, 0.6) is 0 Å². The van der Waals surface area contributed by atoms with Crippen LogP contribution in [-0.2, 0) is 22.3 Å². The van der Waals surface area contributed by atoms with Crippen LogP contribution in [0.2, 0.25) is 5.15 Å². The first kappa shape index (κ1) is 50.7. The van der Waals surface area contributed by atoms with Gasteiger partial charge in [-0.1, -0.05) is 123 Å². The van der Waals surface area contributed by atoms with Crippen molar-refractivity contribution in [1.82, 2.24) is 30.4 Å². The summed E-state index contributed by atoms with van der Waals surface area (Å²) in [4.78, 5) is 65.4. The van der Waals surface area contributed by atoms with Crippen LogP contribution in [0.4, 0.5) is 21.2 Å². The van der Waals surface area contributed by atoms with E-state index in [4.69, 9.17) is 32.5 Å². The van der Waals surface area contributed by atoms with E-state index in [1.54, 1.807) is 21.9 Å². The number of unbranched alkanes of at least 4 members (excludes halogenated alkanes) is 3. The molecule has 14 nitrogen and oxygen atoms in total. The summed E-state index contributed by atoms with van der Waals surface area (Å²) in [7, 11) is 0. The van der Waals surface area contributed by atoms with Gasteiger partial charge in [-0.2, -0.15) is 0 Å². The number of nitrogens with one attached hydrogen (secondary N) is 2. The first-order valence-electron chi connectivity index (χ1n) is 23.5. The minimum absolute atomic E-state index is 0.0458. The predicted octanol–water partition coefficient (Wildman–Crippen LogP) is 9.23. The molecule has 5 aromatic rings. The number of carbonyl (C=O) groups excluding carboxylic acids is 4. The second-order valence-corrected chi connectivity index (χ2v) is 18.7. The zero-order valence-electron chi connectivity index (χ0n) is 39.9. The van der Waals surface area contributed by atoms with Gasteiger partial charge in [-0.3, -0.25) is 9.59 Å². The number of hydrogen-bond donors (Lipinski definition) is 4. The van der Waals surface area contributed by atoms with E-state index in [0.717, 1.165) is 53.5 Å². The van der Waals surface area contributed by atoms with Crippen molar-refractivity contribution < 1.29 is 28.7 Å². The van der Waals surface area contributed by atoms with Crippen LogP contribution in [0.1, 0.15) is 108 Å². The minimum atomic E-state index is -0.754. The number of nitrogen functional groups attached to an aromatic ring is 2. The lowest BCUT2D eigenvalue weighted by atomic mass is 9.95. The van der Waals surface area contributed by atoms with Gasteiger partial charge < -0.3 is 41.4 Å². The van der Waals surface area contributed by atoms with Crippen molar-refractivity contribution in [3.05, 3.63) is 141 Å². The Morgan fingerprint density at radius 1 is 0.750 bits per heavy atom. The Labute approximate surface area is 405 Å². The number of fused-ring (bicyclic) bond motifs is 3. The highest BCUT2D eigenvalue weighted by atomic mass is 35.5. The molecule has 0 aliphatic heterocycles. The second kappa shape index (κ2) is 23.9. The molecule has 360 valence electrons. The molecule has 6 rings (SSSR count). The van der Waals surface area contributed by atoms with Gasteiger partial charge in [0.2, 0.25) is 0 Å². The van der Waals surface area contributed by atoms with Gasteiger partial charge in [0.1, 0.15) is 12.2 Å². The number of carbonyl (C=O) groups is 4. The summed E-state index contributed by atoms with van der Waals surface area (Å²) in [6, 6.07) is 31.7. The molecule has 1 aromatic heterocycles. The van der Waals surface area contributed by atoms with Gasteiger partial charge in [0.25, 0.3) is 11.8 Å². The third-order valence-corrected chi connectivity index (χ3v) is 12.3. The van der Waals surface area contributed by atoms with Crippen molar-refractivity contribution in [2.75, 3.05) is 57.3 Å². The number of benzene rings is 4. The molecule has 68 heavy (non-hydrogen) atoms. The van der Waals surface area contributed by atoms with Crippen LogP contribution in [-0.4, -0.2) is 95.2 Å². The predicted molar refractivity (Wildman–Crippen MR) is 268 cm³/mol. The highest BCUT2D eigenvalue weighted by Crippen LogP contribution is 2.44. The van der Waals surface area contributed by atoms with E-state index >= 15 is 0 Å². The lowest BCUT2D eigenvalue weighted by Gasteiger charge is -2.31. The molecule has 1 aliphatic carbocycles. The maximum Gasteiger partial charge on any atom is 0.410 e. The van der Waals surface area contributed by atoms with Crippen molar-refractivity contribution in [3.8, 4) is 11.1 Å². The fourth-order valence-corrected chi connectivity index (χ4v) is 8.51. The minimum Gasteiger partial charge on any atom is -0.448 e. The summed E-state index contributed by atoms with van der Waals surface area (Å²) in [6.07, 6.45) is 4.12. The van der Waals surface area contributed by atoms with E-state index in [1.807, 2.05) is 88.4 Å². The molecular formula is C53H65ClN8O6. The van der Waals surface area contributed by atoms with Gasteiger partial charge in [-0.15, -0.1) is 0 Å². The lowest BCUT2D eigenvalue weighted by Crippen LogP contribution is -2.44. The van der Waals surface area contributed by atoms with Gasteiger partial charge in [0.05, 0.1) is 0 Å². The largest absolute Gasteiger partial charge is 0.448 e. The molecule has 15 heteroatoms. The molecule has 0 saturated heterocycles. The molecule has 0 radical (unpaired) electrons. The highest BCUT2D eigenvalue weighted by molar-refractivity contribution is 6.31. The normalized spacial score (nSPS) is 12.4. The van der Waals surface area contributed by atoms with Crippen molar-refractivity contribution in [2.45, 2.75) is 84.7 Å². The van der Waals surface area contributed by atoms with E-state index in [2.05, 4.69) is 51.8 Å². The summed E-state index contributed by atoms with van der Waals surface area (Å²) >= 11 is 6.06. The van der Waals surface area contributed by atoms with E-state index < -0.39 is 23.7 Å². The average Bonchev–Trinajstić information content (AvgIpc) is 3.63. The van der Waals surface area contributed by atoms with E-state index in [-0.39, 0.29) is 66.5 Å². The molecule has 0 saturated carbocycles. The van der Waals surface area contributed by atoms with Crippen LogP contribution in [0.15, 0.2) is 97.1 Å². The van der Waals surface area contributed by atoms with Gasteiger partial charge in [-0.25, -0.2) is 19.6 Å². The van der Waals surface area contributed by atoms with Crippen LogP contribution in [0.25, 0.3) is 11.1 Å². The first-order chi connectivity index (χ1) is 32.6. The van der Waals surface area contributed by atoms with E-state index in [1.165, 1.54) is 11.1 Å². The Bertz CT molecular complexity index is 2480. The Kier molecular flexibility index (Phi) is 17.8. The number of halogens is 1. The highest BCUT2D eigenvalue weighted by Gasteiger charge is 2.30. The standard InChI is InChI=1S/C53H65ClN8O6/c1-6-7-8-15-28-61(51(65)67-34-44-42-20-13-11-18-40(42)41-19-12-14-21-43(41)44)30-27-57-49(63)38-24-22-36(23-25-38)26-29-62(52(66)68-53(3,4)5)33-37(31-39-17-10-9-16-35(39)2)32-58-50(64)45-47(55)60-48(56)46(54)59-45/h9-14,16-25,37,44H,6-8,15,26-34H2,1-5H3,(H,57,63)(H,58,64)(H4,55,56,60). The van der Waals surface area contributed by atoms with Gasteiger partial charge >= 0.3 is 12.2 Å². The average molecular weight is 946 g/mol. The summed E-state index contributed by atoms with van der Waals surface area (Å²) < 4.78 is 11.9. The van der Waals surface area contributed by atoms with Gasteiger partial charge in [-0.05, 0) is 104 Å². The number of amides is 4. The molecule has 1 unspecified atom stereocenters. The number of aromatic nitrogens is 2. The van der Waals surface area contributed by atoms with Crippen molar-refractivity contribution in [1.29, 1.82) is 0 Å². The summed E-state index contributed by atoms with van der Waals surface area (Å²) in [5, 5.41) is 5.76. The number of anilines is 2. The second-order valence-electron chi connectivity index (χ2n) is 18.3. The molecule has 1 aliphatic rings. The molecule has 1 atom stereocenters. The van der Waals surface area contributed by atoms with Gasteiger partial charge in [0, 0.05) is 50.7 Å². The summed E-state index contributed by atoms with van der Waals surface area (Å²) in [6.45, 7) is 11.6. The van der Waals surface area contributed by atoms with Crippen LogP contribution in [0.3, 0.4) is 0 Å². The maximum atomic E-state index is 13.8. The molecular weight excluding hydrogens is 880 g/mol. The number of ether oxygens (including phenoxy) is 2. The van der Waals surface area contributed by atoms with Crippen LogP contribution < -0.4 is 22.1 Å². The first-order valence-corrected chi connectivity index (χ1v) is 23.9. The number of aryl methyl sites for hydroxylation is 1. The fourth-order valence-electron chi connectivity index (χ4n) is 8.38. The van der Waals surface area contributed by atoms with Crippen molar-refractivity contribution >= 4 is 47.2 Å². The molecule has 0 bridgehead atoms. The lowest BCUT2D eigenvalue weighted by molar-refractivity contribution is 0.0222. The third-order valence-electron chi connectivity index (χ3n) is 12.0. The monoisotopic (exact) mass is 944 g/mol. The van der Waals surface area contributed by atoms with Gasteiger partial charge in [0.15, 0.2) is 22.5 Å². The Morgan fingerprint density at radius 3 is 2.07 bits per heavy atom.